The normalized spacial score (nSPS) is 17.8. The summed E-state index contributed by atoms with van der Waals surface area (Å²) in [4.78, 5) is 0. The lowest BCUT2D eigenvalue weighted by Crippen LogP contribution is -2.17. The third kappa shape index (κ3) is 4.02. The highest BCUT2D eigenvalue weighted by Gasteiger charge is 2.23. The minimum absolute atomic E-state index is 0.343. The zero-order valence-electron chi connectivity index (χ0n) is 11.1. The van der Waals surface area contributed by atoms with Gasteiger partial charge in [0.25, 0.3) is 0 Å². The monoisotopic (exact) mass is 248 g/mol. The van der Waals surface area contributed by atoms with Gasteiger partial charge in [0.15, 0.2) is 0 Å². The van der Waals surface area contributed by atoms with Crippen LogP contribution in [0.5, 0.6) is 5.75 Å². The fourth-order valence-electron chi connectivity index (χ4n) is 2.96. The van der Waals surface area contributed by atoms with Crippen molar-refractivity contribution >= 4 is 0 Å². The van der Waals surface area contributed by atoms with Gasteiger partial charge in [0.05, 0.1) is 6.61 Å². The molecule has 1 fully saturated rings. The fraction of sp³-hybridized carbons (Fsp3) is 0.625. The lowest BCUT2D eigenvalue weighted by Gasteiger charge is -2.20. The molecule has 0 saturated heterocycles. The first-order chi connectivity index (χ1) is 8.90. The topological polar surface area (TPSA) is 29.5 Å². The Hall–Kier alpha value is -1.02. The SMILES string of the molecule is OCC(CCCOc1ccccc1)C1CCCC1. The van der Waals surface area contributed by atoms with Crippen LogP contribution in [0.3, 0.4) is 0 Å². The van der Waals surface area contributed by atoms with Crippen LogP contribution in [0.25, 0.3) is 0 Å². The lowest BCUT2D eigenvalue weighted by atomic mass is 9.88. The lowest BCUT2D eigenvalue weighted by molar-refractivity contribution is 0.158. The Balaban J connectivity index is 1.64. The first kappa shape index (κ1) is 13.4. The Labute approximate surface area is 110 Å². The largest absolute Gasteiger partial charge is 0.494 e. The molecule has 1 aromatic rings. The second kappa shape index (κ2) is 7.42. The molecule has 1 aromatic carbocycles. The zero-order chi connectivity index (χ0) is 12.6. The van der Waals surface area contributed by atoms with Crippen molar-refractivity contribution in [2.24, 2.45) is 11.8 Å². The van der Waals surface area contributed by atoms with E-state index in [-0.39, 0.29) is 0 Å². The number of benzene rings is 1. The van der Waals surface area contributed by atoms with E-state index in [1.54, 1.807) is 0 Å². The van der Waals surface area contributed by atoms with Gasteiger partial charge in [-0.1, -0.05) is 43.9 Å². The van der Waals surface area contributed by atoms with Crippen molar-refractivity contribution in [1.29, 1.82) is 0 Å². The third-order valence-corrected chi connectivity index (χ3v) is 4.03. The van der Waals surface area contributed by atoms with Crippen LogP contribution in [0.2, 0.25) is 0 Å². The van der Waals surface area contributed by atoms with Gasteiger partial charge in [0.2, 0.25) is 0 Å². The molecule has 2 nitrogen and oxygen atoms in total. The van der Waals surface area contributed by atoms with Crippen molar-refractivity contribution < 1.29 is 9.84 Å². The molecule has 0 amide bonds. The Kier molecular flexibility index (Phi) is 5.53. The molecular formula is C16H24O2. The van der Waals surface area contributed by atoms with E-state index in [4.69, 9.17) is 4.74 Å². The predicted molar refractivity (Wildman–Crippen MR) is 73.7 cm³/mol. The molecule has 0 bridgehead atoms. The van der Waals surface area contributed by atoms with Crippen LogP contribution in [0, 0.1) is 11.8 Å². The molecule has 1 N–H and O–H groups in total. The minimum atomic E-state index is 0.343. The molecule has 1 saturated carbocycles. The van der Waals surface area contributed by atoms with Crippen molar-refractivity contribution in [2.45, 2.75) is 38.5 Å². The molecule has 100 valence electrons. The van der Waals surface area contributed by atoms with Crippen molar-refractivity contribution in [1.82, 2.24) is 0 Å². The van der Waals surface area contributed by atoms with Gasteiger partial charge in [-0.2, -0.15) is 0 Å². The summed E-state index contributed by atoms with van der Waals surface area (Å²) in [6, 6.07) is 9.95. The zero-order valence-corrected chi connectivity index (χ0v) is 11.1. The predicted octanol–water partition coefficient (Wildman–Crippen LogP) is 3.64. The Morgan fingerprint density at radius 3 is 2.56 bits per heavy atom. The van der Waals surface area contributed by atoms with Gasteiger partial charge in [-0.05, 0) is 36.8 Å². The molecule has 0 aromatic heterocycles. The molecule has 1 unspecified atom stereocenters. The van der Waals surface area contributed by atoms with E-state index in [9.17, 15) is 5.11 Å². The van der Waals surface area contributed by atoms with Gasteiger partial charge in [-0.15, -0.1) is 0 Å². The van der Waals surface area contributed by atoms with E-state index in [1.807, 2.05) is 30.3 Å². The molecule has 1 aliphatic carbocycles. The van der Waals surface area contributed by atoms with Gasteiger partial charge >= 0.3 is 0 Å². The summed E-state index contributed by atoms with van der Waals surface area (Å²) in [6.45, 7) is 1.10. The molecule has 2 heteroatoms. The standard InChI is InChI=1S/C16H24O2/c17-13-15(14-7-4-5-8-14)9-6-12-18-16-10-2-1-3-11-16/h1-3,10-11,14-15,17H,4-9,12-13H2. The number of rotatable bonds is 7. The Morgan fingerprint density at radius 2 is 1.89 bits per heavy atom. The van der Waals surface area contributed by atoms with Crippen LogP contribution in [0.1, 0.15) is 38.5 Å². The van der Waals surface area contributed by atoms with Crippen LogP contribution in [0.15, 0.2) is 30.3 Å². The molecule has 0 heterocycles. The average molecular weight is 248 g/mol. The van der Waals surface area contributed by atoms with Gasteiger partial charge < -0.3 is 9.84 Å². The number of ether oxygens (including phenoxy) is 1. The second-order valence-electron chi connectivity index (χ2n) is 5.29. The number of aliphatic hydroxyl groups excluding tert-OH is 1. The smallest absolute Gasteiger partial charge is 0.119 e. The summed E-state index contributed by atoms with van der Waals surface area (Å²) in [6.07, 6.45) is 7.45. The summed E-state index contributed by atoms with van der Waals surface area (Å²) in [5.74, 6) is 2.19. The van der Waals surface area contributed by atoms with E-state index in [0.717, 1.165) is 31.1 Å². The molecule has 0 spiro atoms. The fourth-order valence-corrected chi connectivity index (χ4v) is 2.96. The van der Waals surface area contributed by atoms with Crippen LogP contribution in [-0.4, -0.2) is 18.3 Å². The maximum absolute atomic E-state index is 9.46. The first-order valence-electron chi connectivity index (χ1n) is 7.19. The van der Waals surface area contributed by atoms with Crippen LogP contribution in [-0.2, 0) is 0 Å². The first-order valence-corrected chi connectivity index (χ1v) is 7.19. The van der Waals surface area contributed by atoms with Crippen molar-refractivity contribution in [3.8, 4) is 5.75 Å². The Morgan fingerprint density at radius 1 is 1.17 bits per heavy atom. The molecule has 0 aliphatic heterocycles. The summed E-state index contributed by atoms with van der Waals surface area (Å²) >= 11 is 0. The quantitative estimate of drug-likeness (QED) is 0.746. The average Bonchev–Trinajstić information content (AvgIpc) is 2.94. The highest BCUT2D eigenvalue weighted by molar-refractivity contribution is 5.20. The van der Waals surface area contributed by atoms with Gasteiger partial charge in [-0.3, -0.25) is 0 Å². The molecule has 2 rings (SSSR count). The second-order valence-corrected chi connectivity index (χ2v) is 5.29. The van der Waals surface area contributed by atoms with E-state index >= 15 is 0 Å². The van der Waals surface area contributed by atoms with Gasteiger partial charge in [0.1, 0.15) is 5.75 Å². The summed E-state index contributed by atoms with van der Waals surface area (Å²) in [7, 11) is 0. The number of hydrogen-bond acceptors (Lipinski definition) is 2. The van der Waals surface area contributed by atoms with Crippen molar-refractivity contribution in [3.63, 3.8) is 0 Å². The molecule has 18 heavy (non-hydrogen) atoms. The summed E-state index contributed by atoms with van der Waals surface area (Å²) in [5, 5.41) is 9.46. The number of para-hydroxylation sites is 1. The highest BCUT2D eigenvalue weighted by Crippen LogP contribution is 2.33. The van der Waals surface area contributed by atoms with Crippen molar-refractivity contribution in [3.05, 3.63) is 30.3 Å². The highest BCUT2D eigenvalue weighted by atomic mass is 16.5. The minimum Gasteiger partial charge on any atom is -0.494 e. The van der Waals surface area contributed by atoms with Crippen LogP contribution >= 0.6 is 0 Å². The van der Waals surface area contributed by atoms with Crippen LogP contribution in [0.4, 0.5) is 0 Å². The van der Waals surface area contributed by atoms with E-state index in [1.165, 1.54) is 25.7 Å². The number of aliphatic hydroxyl groups is 1. The molecule has 0 radical (unpaired) electrons. The molecular weight excluding hydrogens is 224 g/mol. The summed E-state index contributed by atoms with van der Waals surface area (Å²) in [5.41, 5.74) is 0. The third-order valence-electron chi connectivity index (χ3n) is 4.03. The maximum atomic E-state index is 9.46. The van der Waals surface area contributed by atoms with Gasteiger partial charge in [-0.25, -0.2) is 0 Å². The van der Waals surface area contributed by atoms with Crippen molar-refractivity contribution in [2.75, 3.05) is 13.2 Å². The van der Waals surface area contributed by atoms with E-state index in [0.29, 0.717) is 12.5 Å². The van der Waals surface area contributed by atoms with Gasteiger partial charge in [0, 0.05) is 6.61 Å². The molecule has 1 atom stereocenters. The Bertz CT molecular complexity index is 317. The number of hydrogen-bond donors (Lipinski definition) is 1. The van der Waals surface area contributed by atoms with E-state index in [2.05, 4.69) is 0 Å². The van der Waals surface area contributed by atoms with Crippen LogP contribution < -0.4 is 4.74 Å². The summed E-state index contributed by atoms with van der Waals surface area (Å²) < 4.78 is 5.68. The molecule has 1 aliphatic rings. The van der Waals surface area contributed by atoms with E-state index < -0.39 is 0 Å². The maximum Gasteiger partial charge on any atom is 0.119 e.